The fourth-order valence-electron chi connectivity index (χ4n) is 2.69. The quantitative estimate of drug-likeness (QED) is 0.535. The van der Waals surface area contributed by atoms with Gasteiger partial charge in [0.15, 0.2) is 5.96 Å². The van der Waals surface area contributed by atoms with Gasteiger partial charge in [0.05, 0.1) is 13.2 Å². The van der Waals surface area contributed by atoms with Crippen LogP contribution in [-0.2, 0) is 9.53 Å². The molecule has 1 aliphatic rings. The number of carbonyl (C=O) groups is 1. The summed E-state index contributed by atoms with van der Waals surface area (Å²) in [7, 11) is 2.03. The first-order chi connectivity index (χ1) is 12.1. The van der Waals surface area contributed by atoms with Crippen molar-refractivity contribution in [3.8, 4) is 0 Å². The molecular formula is C18H27BrN4O2. The third kappa shape index (κ3) is 7.04. The maximum Gasteiger partial charge on any atom is 0.226 e. The van der Waals surface area contributed by atoms with E-state index < -0.39 is 0 Å². The van der Waals surface area contributed by atoms with Crippen molar-refractivity contribution in [2.75, 3.05) is 45.2 Å². The smallest absolute Gasteiger partial charge is 0.226 e. The van der Waals surface area contributed by atoms with E-state index in [2.05, 4.69) is 36.5 Å². The van der Waals surface area contributed by atoms with Gasteiger partial charge >= 0.3 is 0 Å². The Bertz CT molecular complexity index is 571. The number of ether oxygens (including phenoxy) is 1. The molecule has 1 atom stereocenters. The van der Waals surface area contributed by atoms with E-state index in [1.807, 2.05) is 38.2 Å². The van der Waals surface area contributed by atoms with Gasteiger partial charge in [-0.25, -0.2) is 0 Å². The van der Waals surface area contributed by atoms with Gasteiger partial charge in [-0.2, -0.15) is 0 Å². The molecule has 1 aromatic carbocycles. The highest BCUT2D eigenvalue weighted by Gasteiger charge is 2.19. The van der Waals surface area contributed by atoms with Crippen molar-refractivity contribution in [2.24, 2.45) is 10.9 Å². The molecule has 0 aromatic heterocycles. The van der Waals surface area contributed by atoms with Crippen molar-refractivity contribution in [3.63, 3.8) is 0 Å². The van der Waals surface area contributed by atoms with E-state index in [0.717, 1.165) is 48.8 Å². The molecule has 1 unspecified atom stereocenters. The summed E-state index contributed by atoms with van der Waals surface area (Å²) in [6.07, 6.45) is 1.45. The number of carbonyl (C=O) groups excluding carboxylic acids is 1. The summed E-state index contributed by atoms with van der Waals surface area (Å²) in [5.41, 5.74) is 0.794. The number of hydrogen-bond donors (Lipinski definition) is 2. The average Bonchev–Trinajstić information content (AvgIpc) is 3.09. The molecule has 6 nitrogen and oxygen atoms in total. The topological polar surface area (TPSA) is 66.0 Å². The predicted octanol–water partition coefficient (Wildman–Crippen LogP) is 2.71. The zero-order valence-electron chi connectivity index (χ0n) is 14.9. The van der Waals surface area contributed by atoms with Crippen LogP contribution in [0.5, 0.6) is 0 Å². The van der Waals surface area contributed by atoms with Crippen molar-refractivity contribution in [3.05, 3.63) is 28.7 Å². The molecule has 0 saturated carbocycles. The largest absolute Gasteiger partial charge is 0.381 e. The molecular weight excluding hydrogens is 384 g/mol. The number of anilines is 1. The van der Waals surface area contributed by atoms with Crippen LogP contribution in [0.3, 0.4) is 0 Å². The predicted molar refractivity (Wildman–Crippen MR) is 105 cm³/mol. The SMILES string of the molecule is CCNC(=NCCC(=O)Nc1ccc(Br)cc1)N(C)CC1CCOC1. The highest BCUT2D eigenvalue weighted by molar-refractivity contribution is 9.10. The second kappa shape index (κ2) is 10.4. The van der Waals surface area contributed by atoms with Gasteiger partial charge in [0.2, 0.25) is 5.91 Å². The third-order valence-electron chi connectivity index (χ3n) is 3.98. The van der Waals surface area contributed by atoms with Crippen LogP contribution in [0.2, 0.25) is 0 Å². The van der Waals surface area contributed by atoms with Crippen molar-refractivity contribution >= 4 is 33.5 Å². The van der Waals surface area contributed by atoms with Crippen LogP contribution < -0.4 is 10.6 Å². The monoisotopic (exact) mass is 410 g/mol. The lowest BCUT2D eigenvalue weighted by atomic mass is 10.1. The second-order valence-electron chi connectivity index (χ2n) is 6.15. The summed E-state index contributed by atoms with van der Waals surface area (Å²) in [6.45, 7) is 5.88. The Balaban J connectivity index is 1.80. The Hall–Kier alpha value is -1.60. The van der Waals surface area contributed by atoms with Gasteiger partial charge in [-0.05, 0) is 37.6 Å². The fourth-order valence-corrected chi connectivity index (χ4v) is 2.96. The number of nitrogens with one attached hydrogen (secondary N) is 2. The first-order valence-electron chi connectivity index (χ1n) is 8.71. The first kappa shape index (κ1) is 19.7. The van der Waals surface area contributed by atoms with Gasteiger partial charge in [0, 0.05) is 49.2 Å². The molecule has 1 fully saturated rings. The minimum Gasteiger partial charge on any atom is -0.381 e. The van der Waals surface area contributed by atoms with E-state index in [1.54, 1.807) is 0 Å². The molecule has 1 saturated heterocycles. The number of halogens is 1. The van der Waals surface area contributed by atoms with Gasteiger partial charge < -0.3 is 20.3 Å². The van der Waals surface area contributed by atoms with E-state index in [0.29, 0.717) is 18.9 Å². The first-order valence-corrected chi connectivity index (χ1v) is 9.50. The van der Waals surface area contributed by atoms with Crippen LogP contribution in [0.1, 0.15) is 19.8 Å². The summed E-state index contributed by atoms with van der Waals surface area (Å²) >= 11 is 3.38. The number of benzene rings is 1. The zero-order chi connectivity index (χ0) is 18.1. The summed E-state index contributed by atoms with van der Waals surface area (Å²) in [6, 6.07) is 7.54. The summed E-state index contributed by atoms with van der Waals surface area (Å²) in [5.74, 6) is 1.36. The number of aliphatic imine (C=N–C) groups is 1. The molecule has 1 amide bonds. The molecule has 0 aliphatic carbocycles. The average molecular weight is 411 g/mol. The second-order valence-corrected chi connectivity index (χ2v) is 7.07. The molecule has 0 radical (unpaired) electrons. The lowest BCUT2D eigenvalue weighted by molar-refractivity contribution is -0.116. The molecule has 7 heteroatoms. The van der Waals surface area contributed by atoms with Crippen molar-refractivity contribution < 1.29 is 9.53 Å². The normalized spacial score (nSPS) is 17.4. The van der Waals surface area contributed by atoms with E-state index in [1.165, 1.54) is 0 Å². The van der Waals surface area contributed by atoms with Crippen molar-refractivity contribution in [1.29, 1.82) is 0 Å². The fraction of sp³-hybridized carbons (Fsp3) is 0.556. The summed E-state index contributed by atoms with van der Waals surface area (Å²) < 4.78 is 6.42. The zero-order valence-corrected chi connectivity index (χ0v) is 16.5. The van der Waals surface area contributed by atoms with Crippen molar-refractivity contribution in [1.82, 2.24) is 10.2 Å². The molecule has 2 N–H and O–H groups in total. The lowest BCUT2D eigenvalue weighted by Gasteiger charge is -2.24. The van der Waals surface area contributed by atoms with Crippen LogP contribution in [0.15, 0.2) is 33.7 Å². The lowest BCUT2D eigenvalue weighted by Crippen LogP contribution is -2.41. The molecule has 2 rings (SSSR count). The Morgan fingerprint density at radius 2 is 2.16 bits per heavy atom. The maximum absolute atomic E-state index is 12.0. The molecule has 0 bridgehead atoms. The van der Waals surface area contributed by atoms with Gasteiger partial charge in [-0.15, -0.1) is 0 Å². The molecule has 1 aliphatic heterocycles. The van der Waals surface area contributed by atoms with Crippen LogP contribution in [0.25, 0.3) is 0 Å². The molecule has 1 aromatic rings. The Morgan fingerprint density at radius 1 is 1.40 bits per heavy atom. The molecule has 1 heterocycles. The van der Waals surface area contributed by atoms with E-state index in [4.69, 9.17) is 4.74 Å². The van der Waals surface area contributed by atoms with Gasteiger partial charge in [-0.1, -0.05) is 15.9 Å². The Kier molecular flexibility index (Phi) is 8.21. The van der Waals surface area contributed by atoms with E-state index in [9.17, 15) is 4.79 Å². The van der Waals surface area contributed by atoms with Gasteiger partial charge in [0.25, 0.3) is 0 Å². The van der Waals surface area contributed by atoms with Gasteiger partial charge in [0.1, 0.15) is 0 Å². The molecule has 0 spiro atoms. The molecule has 138 valence electrons. The van der Waals surface area contributed by atoms with Crippen LogP contribution in [0, 0.1) is 5.92 Å². The number of amides is 1. The number of guanidine groups is 1. The van der Waals surface area contributed by atoms with Crippen LogP contribution in [0.4, 0.5) is 5.69 Å². The summed E-state index contributed by atoms with van der Waals surface area (Å²) in [5, 5.41) is 6.17. The van der Waals surface area contributed by atoms with Crippen LogP contribution >= 0.6 is 15.9 Å². The number of rotatable bonds is 7. The number of hydrogen-bond acceptors (Lipinski definition) is 3. The standard InChI is InChI=1S/C18H27BrN4O2/c1-3-20-18(23(2)12-14-9-11-25-13-14)21-10-8-17(24)22-16-6-4-15(19)5-7-16/h4-7,14H,3,8-13H2,1-2H3,(H,20,21)(H,22,24). The van der Waals surface area contributed by atoms with Crippen LogP contribution in [-0.4, -0.2) is 56.7 Å². The minimum absolute atomic E-state index is 0.0335. The highest BCUT2D eigenvalue weighted by Crippen LogP contribution is 2.14. The minimum atomic E-state index is -0.0335. The summed E-state index contributed by atoms with van der Waals surface area (Å²) in [4.78, 5) is 18.7. The Labute approximate surface area is 158 Å². The highest BCUT2D eigenvalue weighted by atomic mass is 79.9. The van der Waals surface area contributed by atoms with E-state index in [-0.39, 0.29) is 5.91 Å². The third-order valence-corrected chi connectivity index (χ3v) is 4.51. The van der Waals surface area contributed by atoms with E-state index >= 15 is 0 Å². The van der Waals surface area contributed by atoms with Gasteiger partial charge in [-0.3, -0.25) is 9.79 Å². The van der Waals surface area contributed by atoms with Crippen molar-refractivity contribution in [2.45, 2.75) is 19.8 Å². The Morgan fingerprint density at radius 3 is 2.80 bits per heavy atom. The maximum atomic E-state index is 12.0. The molecule has 25 heavy (non-hydrogen) atoms. The number of nitrogens with zero attached hydrogens (tertiary/aromatic N) is 2.